The van der Waals surface area contributed by atoms with Crippen LogP contribution in [0.4, 0.5) is 5.69 Å². The van der Waals surface area contributed by atoms with E-state index in [1.54, 1.807) is 19.1 Å². The van der Waals surface area contributed by atoms with E-state index in [4.69, 9.17) is 14.2 Å². The van der Waals surface area contributed by atoms with Crippen LogP contribution in [0.2, 0.25) is 0 Å². The molecular formula is C18H27NO5. The Balaban J connectivity index is 3.01. The molecule has 0 heterocycles. The highest BCUT2D eigenvalue weighted by molar-refractivity contribution is 5.99. The van der Waals surface area contributed by atoms with Crippen molar-refractivity contribution in [3.8, 4) is 5.75 Å². The van der Waals surface area contributed by atoms with Gasteiger partial charge in [-0.1, -0.05) is 19.8 Å². The molecule has 0 saturated carbocycles. The van der Waals surface area contributed by atoms with E-state index in [1.165, 1.54) is 20.3 Å². The van der Waals surface area contributed by atoms with Crippen molar-refractivity contribution in [1.82, 2.24) is 0 Å². The summed E-state index contributed by atoms with van der Waals surface area (Å²) >= 11 is 0. The van der Waals surface area contributed by atoms with Gasteiger partial charge in [0.05, 0.1) is 14.2 Å². The highest BCUT2D eigenvalue weighted by atomic mass is 16.5. The van der Waals surface area contributed by atoms with E-state index in [1.807, 2.05) is 6.92 Å². The zero-order valence-electron chi connectivity index (χ0n) is 15.1. The number of amides is 1. The van der Waals surface area contributed by atoms with E-state index in [0.717, 1.165) is 12.8 Å². The van der Waals surface area contributed by atoms with Crippen molar-refractivity contribution in [2.24, 2.45) is 0 Å². The van der Waals surface area contributed by atoms with Gasteiger partial charge in [-0.2, -0.15) is 0 Å². The molecule has 0 bridgehead atoms. The van der Waals surface area contributed by atoms with Gasteiger partial charge in [0.25, 0.3) is 5.91 Å². The molecule has 0 radical (unpaired) electrons. The van der Waals surface area contributed by atoms with Crippen molar-refractivity contribution in [3.05, 3.63) is 23.8 Å². The molecule has 0 aliphatic heterocycles. The number of carbonyl (C=O) groups excluding carboxylic acids is 2. The molecule has 0 fully saturated rings. The third-order valence-corrected chi connectivity index (χ3v) is 3.81. The molecule has 0 aliphatic carbocycles. The Labute approximate surface area is 143 Å². The largest absolute Gasteiger partial charge is 0.496 e. The summed E-state index contributed by atoms with van der Waals surface area (Å²) in [6, 6.07) is 4.83. The molecule has 0 aromatic heterocycles. The van der Waals surface area contributed by atoms with E-state index < -0.39 is 11.6 Å². The molecule has 134 valence electrons. The fourth-order valence-corrected chi connectivity index (χ4v) is 2.40. The zero-order valence-corrected chi connectivity index (χ0v) is 15.1. The Morgan fingerprint density at radius 1 is 1.21 bits per heavy atom. The van der Waals surface area contributed by atoms with Crippen LogP contribution < -0.4 is 10.1 Å². The Hall–Kier alpha value is -2.08. The third-order valence-electron chi connectivity index (χ3n) is 3.81. The molecule has 0 aliphatic rings. The lowest BCUT2D eigenvalue weighted by molar-refractivity contribution is -0.139. The molecule has 1 rings (SSSR count). The molecule has 0 saturated heterocycles. The van der Waals surface area contributed by atoms with Gasteiger partial charge >= 0.3 is 5.97 Å². The number of methoxy groups -OCH3 is 2. The second-order valence-electron chi connectivity index (χ2n) is 5.63. The van der Waals surface area contributed by atoms with Gasteiger partial charge in [-0.15, -0.1) is 0 Å². The molecule has 0 unspecified atom stereocenters. The van der Waals surface area contributed by atoms with Gasteiger partial charge in [-0.25, -0.2) is 4.79 Å². The molecule has 1 aromatic carbocycles. The predicted molar refractivity (Wildman–Crippen MR) is 92.5 cm³/mol. The summed E-state index contributed by atoms with van der Waals surface area (Å²) in [7, 11) is 2.76. The van der Waals surface area contributed by atoms with Crippen molar-refractivity contribution in [2.45, 2.75) is 45.6 Å². The molecule has 6 nitrogen and oxygen atoms in total. The number of hydrogen-bond donors (Lipinski definition) is 1. The van der Waals surface area contributed by atoms with Gasteiger partial charge in [0.2, 0.25) is 0 Å². The summed E-state index contributed by atoms with van der Waals surface area (Å²) in [6.45, 7) is 6.16. The number of carbonyl (C=O) groups is 2. The van der Waals surface area contributed by atoms with Crippen LogP contribution in [0.25, 0.3) is 0 Å². The molecule has 1 atom stereocenters. The number of hydrogen-bond acceptors (Lipinski definition) is 5. The molecule has 0 spiro atoms. The summed E-state index contributed by atoms with van der Waals surface area (Å²) < 4.78 is 15.6. The van der Waals surface area contributed by atoms with Crippen LogP contribution in [0.5, 0.6) is 5.75 Å². The van der Waals surface area contributed by atoms with E-state index in [0.29, 0.717) is 24.5 Å². The van der Waals surface area contributed by atoms with Crippen molar-refractivity contribution >= 4 is 17.6 Å². The second kappa shape index (κ2) is 9.27. The van der Waals surface area contributed by atoms with Gasteiger partial charge in [0.1, 0.15) is 16.9 Å². The maximum atomic E-state index is 12.7. The molecule has 1 N–H and O–H groups in total. The average molecular weight is 337 g/mol. The Kier molecular flexibility index (Phi) is 7.71. The molecular weight excluding hydrogens is 310 g/mol. The van der Waals surface area contributed by atoms with Crippen molar-refractivity contribution in [3.63, 3.8) is 0 Å². The van der Waals surface area contributed by atoms with Crippen molar-refractivity contribution in [2.75, 3.05) is 26.1 Å². The Morgan fingerprint density at radius 2 is 1.92 bits per heavy atom. The quantitative estimate of drug-likeness (QED) is 0.699. The van der Waals surface area contributed by atoms with Crippen LogP contribution >= 0.6 is 0 Å². The van der Waals surface area contributed by atoms with Crippen molar-refractivity contribution in [1.29, 1.82) is 0 Å². The molecule has 6 heteroatoms. The Morgan fingerprint density at radius 3 is 2.46 bits per heavy atom. The van der Waals surface area contributed by atoms with Crippen LogP contribution in [0.3, 0.4) is 0 Å². The van der Waals surface area contributed by atoms with Crippen LogP contribution in [-0.4, -0.2) is 38.3 Å². The summed E-state index contributed by atoms with van der Waals surface area (Å²) in [4.78, 5) is 24.5. The second-order valence-corrected chi connectivity index (χ2v) is 5.63. The third kappa shape index (κ3) is 4.96. The normalized spacial score (nSPS) is 13.0. The number of esters is 1. The predicted octanol–water partition coefficient (Wildman–Crippen LogP) is 3.41. The molecule has 1 aromatic rings. The lowest BCUT2D eigenvalue weighted by atomic mass is 9.97. The first-order valence-corrected chi connectivity index (χ1v) is 8.13. The van der Waals surface area contributed by atoms with E-state index >= 15 is 0 Å². The van der Waals surface area contributed by atoms with E-state index in [9.17, 15) is 9.59 Å². The van der Waals surface area contributed by atoms with Gasteiger partial charge in [-0.3, -0.25) is 4.79 Å². The summed E-state index contributed by atoms with van der Waals surface area (Å²) in [5.41, 5.74) is -0.163. The number of nitrogens with one attached hydrogen (secondary N) is 1. The fourth-order valence-electron chi connectivity index (χ4n) is 2.40. The number of unbranched alkanes of at least 4 members (excludes halogenated alkanes) is 1. The fraction of sp³-hybridized carbons (Fsp3) is 0.556. The van der Waals surface area contributed by atoms with Gasteiger partial charge in [0.15, 0.2) is 0 Å². The van der Waals surface area contributed by atoms with Gasteiger partial charge < -0.3 is 19.5 Å². The van der Waals surface area contributed by atoms with Crippen LogP contribution in [-0.2, 0) is 14.3 Å². The van der Waals surface area contributed by atoms with E-state index in [2.05, 4.69) is 12.2 Å². The minimum Gasteiger partial charge on any atom is -0.496 e. The van der Waals surface area contributed by atoms with Crippen LogP contribution in [0.1, 0.15) is 50.4 Å². The van der Waals surface area contributed by atoms with Crippen molar-refractivity contribution < 1.29 is 23.8 Å². The van der Waals surface area contributed by atoms with Crippen LogP contribution in [0.15, 0.2) is 18.2 Å². The standard InChI is InChI=1S/C18H27NO5/c1-6-8-11-18(3,24-7-2)17(21)19-13-9-10-15(22-4)14(12-13)16(20)23-5/h9-10,12H,6-8,11H2,1-5H3,(H,19,21)/t18-/m1/s1. The highest BCUT2D eigenvalue weighted by Gasteiger charge is 2.33. The smallest absolute Gasteiger partial charge is 0.341 e. The first kappa shape index (κ1) is 20.0. The lowest BCUT2D eigenvalue weighted by Crippen LogP contribution is -2.42. The highest BCUT2D eigenvalue weighted by Crippen LogP contribution is 2.26. The number of ether oxygens (including phenoxy) is 3. The first-order valence-electron chi connectivity index (χ1n) is 8.13. The summed E-state index contributed by atoms with van der Waals surface area (Å²) in [6.07, 6.45) is 2.49. The van der Waals surface area contributed by atoms with Gasteiger partial charge in [0, 0.05) is 12.3 Å². The van der Waals surface area contributed by atoms with Crippen LogP contribution in [0, 0.1) is 0 Å². The first-order chi connectivity index (χ1) is 11.4. The minimum atomic E-state index is -0.907. The number of rotatable bonds is 9. The summed E-state index contributed by atoms with van der Waals surface area (Å²) in [5.74, 6) is -0.376. The van der Waals surface area contributed by atoms with E-state index in [-0.39, 0.29) is 11.5 Å². The molecule has 1 amide bonds. The number of benzene rings is 1. The number of anilines is 1. The minimum absolute atomic E-state index is 0.237. The lowest BCUT2D eigenvalue weighted by Gasteiger charge is -2.28. The zero-order chi connectivity index (χ0) is 18.2. The Bertz CT molecular complexity index is 573. The summed E-state index contributed by atoms with van der Waals surface area (Å²) in [5, 5.41) is 2.82. The maximum absolute atomic E-state index is 12.7. The molecule has 24 heavy (non-hydrogen) atoms. The topological polar surface area (TPSA) is 73.9 Å². The SMILES string of the molecule is CCCC[C@@](C)(OCC)C(=O)Nc1ccc(OC)c(C(=O)OC)c1. The monoisotopic (exact) mass is 337 g/mol. The average Bonchev–Trinajstić information content (AvgIpc) is 2.59. The maximum Gasteiger partial charge on any atom is 0.341 e. The van der Waals surface area contributed by atoms with Gasteiger partial charge in [-0.05, 0) is 38.5 Å².